The van der Waals surface area contributed by atoms with Crippen LogP contribution in [0, 0.1) is 0 Å². The lowest BCUT2D eigenvalue weighted by molar-refractivity contribution is 0.0934. The normalized spacial score (nSPS) is 14.5. The zero-order valence-corrected chi connectivity index (χ0v) is 13.7. The maximum Gasteiger partial charge on any atom is 0.272 e. The summed E-state index contributed by atoms with van der Waals surface area (Å²) >= 11 is 0. The molecule has 1 unspecified atom stereocenters. The van der Waals surface area contributed by atoms with Crippen molar-refractivity contribution in [1.29, 1.82) is 0 Å². The topological polar surface area (TPSA) is 90.0 Å². The lowest BCUT2D eigenvalue weighted by Gasteiger charge is -2.15. The number of carbonyl (C=O) groups excluding carboxylic acids is 1. The summed E-state index contributed by atoms with van der Waals surface area (Å²) in [6, 6.07) is 7.01. The maximum atomic E-state index is 12.4. The van der Waals surface area contributed by atoms with E-state index in [1.165, 1.54) is 0 Å². The quantitative estimate of drug-likeness (QED) is 0.682. The van der Waals surface area contributed by atoms with E-state index < -0.39 is 0 Å². The number of benzene rings is 1. The second-order valence-electron chi connectivity index (χ2n) is 5.70. The van der Waals surface area contributed by atoms with Crippen LogP contribution < -0.4 is 10.6 Å². The molecule has 1 atom stereocenters. The Hall–Kier alpha value is -2.05. The van der Waals surface area contributed by atoms with E-state index in [0.717, 1.165) is 29.8 Å². The van der Waals surface area contributed by atoms with Crippen molar-refractivity contribution in [3.63, 3.8) is 0 Å². The molecule has 1 amide bonds. The number of amides is 1. The predicted molar refractivity (Wildman–Crippen MR) is 90.0 cm³/mol. The fraction of sp³-hybridized carbons (Fsp3) is 0.375. The number of nitrogens with zero attached hydrogens (tertiary/aromatic N) is 1. The second-order valence-corrected chi connectivity index (χ2v) is 5.70. The van der Waals surface area contributed by atoms with Crippen LogP contribution in [0.25, 0.3) is 0 Å². The largest absolute Gasteiger partial charge is 0.508 e. The standard InChI is InChI=1S/C16H20N4O2.ClH/c1-10(8-11-2-4-12(21)5-3-11)18-16(22)15-13-9-17-7-6-14(13)19-20-15;/h2-5,10,17,21H,6-9H2,1H3,(H,18,22)(H,19,20);1H. The molecule has 1 aromatic heterocycles. The molecule has 2 aromatic rings. The minimum absolute atomic E-state index is 0. The van der Waals surface area contributed by atoms with Crippen LogP contribution in [-0.4, -0.2) is 33.8 Å². The summed E-state index contributed by atoms with van der Waals surface area (Å²) in [5.41, 5.74) is 3.58. The van der Waals surface area contributed by atoms with E-state index in [1.807, 2.05) is 19.1 Å². The molecule has 0 bridgehead atoms. The number of aromatic amines is 1. The molecule has 7 heteroatoms. The number of rotatable bonds is 4. The first-order valence-corrected chi connectivity index (χ1v) is 7.49. The number of aromatic hydroxyl groups is 1. The summed E-state index contributed by atoms with van der Waals surface area (Å²) in [4.78, 5) is 12.4. The molecule has 124 valence electrons. The average Bonchev–Trinajstić information content (AvgIpc) is 2.93. The Balaban J connectivity index is 0.00000192. The predicted octanol–water partition coefficient (Wildman–Crippen LogP) is 1.54. The number of phenolic OH excluding ortho intramolecular Hbond substituents is 1. The first-order valence-electron chi connectivity index (χ1n) is 7.49. The number of hydrogen-bond acceptors (Lipinski definition) is 4. The van der Waals surface area contributed by atoms with E-state index in [1.54, 1.807) is 12.1 Å². The third-order valence-corrected chi connectivity index (χ3v) is 3.88. The maximum absolute atomic E-state index is 12.4. The molecule has 1 aromatic carbocycles. The highest BCUT2D eigenvalue weighted by atomic mass is 35.5. The summed E-state index contributed by atoms with van der Waals surface area (Å²) in [7, 11) is 0. The Labute approximate surface area is 141 Å². The Morgan fingerprint density at radius 1 is 1.39 bits per heavy atom. The molecule has 0 spiro atoms. The molecular formula is C16H21ClN4O2. The number of carbonyl (C=O) groups is 1. The summed E-state index contributed by atoms with van der Waals surface area (Å²) in [6.45, 7) is 3.55. The zero-order valence-electron chi connectivity index (χ0n) is 12.9. The van der Waals surface area contributed by atoms with Crippen molar-refractivity contribution in [3.8, 4) is 5.75 Å². The van der Waals surface area contributed by atoms with E-state index in [2.05, 4.69) is 20.8 Å². The Morgan fingerprint density at radius 3 is 2.87 bits per heavy atom. The van der Waals surface area contributed by atoms with Crippen molar-refractivity contribution < 1.29 is 9.90 Å². The summed E-state index contributed by atoms with van der Waals surface area (Å²) in [6.07, 6.45) is 1.58. The van der Waals surface area contributed by atoms with Crippen LogP contribution in [0.1, 0.15) is 34.2 Å². The second kappa shape index (κ2) is 7.48. The van der Waals surface area contributed by atoms with Gasteiger partial charge in [0.15, 0.2) is 5.69 Å². The van der Waals surface area contributed by atoms with Gasteiger partial charge >= 0.3 is 0 Å². The van der Waals surface area contributed by atoms with Gasteiger partial charge in [0.25, 0.3) is 5.91 Å². The number of aromatic nitrogens is 2. The molecule has 0 saturated carbocycles. The van der Waals surface area contributed by atoms with Gasteiger partial charge in [0.05, 0.1) is 0 Å². The average molecular weight is 337 g/mol. The van der Waals surface area contributed by atoms with Crippen LogP contribution in [0.2, 0.25) is 0 Å². The fourth-order valence-corrected chi connectivity index (χ4v) is 2.74. The van der Waals surface area contributed by atoms with E-state index in [-0.39, 0.29) is 30.1 Å². The van der Waals surface area contributed by atoms with E-state index >= 15 is 0 Å². The van der Waals surface area contributed by atoms with E-state index in [0.29, 0.717) is 18.7 Å². The molecule has 1 aliphatic heterocycles. The molecule has 23 heavy (non-hydrogen) atoms. The first kappa shape index (κ1) is 17.3. The summed E-state index contributed by atoms with van der Waals surface area (Å²) in [5.74, 6) is 0.101. The Kier molecular flexibility index (Phi) is 5.63. The number of hydrogen-bond donors (Lipinski definition) is 4. The van der Waals surface area contributed by atoms with Crippen LogP contribution in [0.5, 0.6) is 5.75 Å². The van der Waals surface area contributed by atoms with Gasteiger partial charge in [-0.1, -0.05) is 12.1 Å². The minimum Gasteiger partial charge on any atom is -0.508 e. The zero-order chi connectivity index (χ0) is 15.5. The third kappa shape index (κ3) is 4.03. The monoisotopic (exact) mass is 336 g/mol. The van der Waals surface area contributed by atoms with Gasteiger partial charge in [0.1, 0.15) is 5.75 Å². The van der Waals surface area contributed by atoms with Crippen molar-refractivity contribution in [2.45, 2.75) is 32.4 Å². The third-order valence-electron chi connectivity index (χ3n) is 3.88. The van der Waals surface area contributed by atoms with Crippen molar-refractivity contribution in [2.24, 2.45) is 0 Å². The molecule has 1 aliphatic rings. The summed E-state index contributed by atoms with van der Waals surface area (Å²) < 4.78 is 0. The number of phenols is 1. The lowest BCUT2D eigenvalue weighted by atomic mass is 10.1. The van der Waals surface area contributed by atoms with Gasteiger partial charge in [-0.2, -0.15) is 5.10 Å². The molecule has 0 aliphatic carbocycles. The molecule has 3 rings (SSSR count). The number of H-pyrrole nitrogens is 1. The van der Waals surface area contributed by atoms with Gasteiger partial charge in [-0.15, -0.1) is 12.4 Å². The number of halogens is 1. The smallest absolute Gasteiger partial charge is 0.272 e. The molecular weight excluding hydrogens is 316 g/mol. The van der Waals surface area contributed by atoms with E-state index in [9.17, 15) is 9.90 Å². The van der Waals surface area contributed by atoms with Gasteiger partial charge in [-0.25, -0.2) is 0 Å². The van der Waals surface area contributed by atoms with Gasteiger partial charge in [0.2, 0.25) is 0 Å². The van der Waals surface area contributed by atoms with Gasteiger partial charge in [-0.3, -0.25) is 9.89 Å². The van der Waals surface area contributed by atoms with Crippen LogP contribution in [0.4, 0.5) is 0 Å². The highest BCUT2D eigenvalue weighted by molar-refractivity contribution is 5.94. The molecule has 6 nitrogen and oxygen atoms in total. The summed E-state index contributed by atoms with van der Waals surface area (Å²) in [5, 5.41) is 22.6. The Bertz CT molecular complexity index is 669. The molecule has 4 N–H and O–H groups in total. The highest BCUT2D eigenvalue weighted by Crippen LogP contribution is 2.16. The number of nitrogens with one attached hydrogen (secondary N) is 3. The fourth-order valence-electron chi connectivity index (χ4n) is 2.74. The first-order chi connectivity index (χ1) is 10.6. The minimum atomic E-state index is -0.146. The highest BCUT2D eigenvalue weighted by Gasteiger charge is 2.22. The van der Waals surface area contributed by atoms with Crippen LogP contribution in [0.3, 0.4) is 0 Å². The van der Waals surface area contributed by atoms with E-state index in [4.69, 9.17) is 0 Å². The van der Waals surface area contributed by atoms with Crippen molar-refractivity contribution in [3.05, 3.63) is 46.8 Å². The number of fused-ring (bicyclic) bond motifs is 1. The molecule has 2 heterocycles. The molecule has 0 saturated heterocycles. The SMILES string of the molecule is CC(Cc1ccc(O)cc1)NC(=O)c1n[nH]c2c1CNCC2.Cl. The molecule has 0 radical (unpaired) electrons. The van der Waals surface area contributed by atoms with Gasteiger partial charge < -0.3 is 15.7 Å². The van der Waals surface area contributed by atoms with Crippen molar-refractivity contribution in [1.82, 2.24) is 20.8 Å². The van der Waals surface area contributed by atoms with Crippen LogP contribution >= 0.6 is 12.4 Å². The van der Waals surface area contributed by atoms with Gasteiger partial charge in [0, 0.05) is 36.8 Å². The van der Waals surface area contributed by atoms with Gasteiger partial charge in [-0.05, 0) is 31.0 Å². The van der Waals surface area contributed by atoms with Crippen molar-refractivity contribution in [2.75, 3.05) is 6.54 Å². The van der Waals surface area contributed by atoms with Crippen LogP contribution in [0.15, 0.2) is 24.3 Å². The lowest BCUT2D eigenvalue weighted by Crippen LogP contribution is -2.35. The Morgan fingerprint density at radius 2 is 2.13 bits per heavy atom. The van der Waals surface area contributed by atoms with Crippen molar-refractivity contribution >= 4 is 18.3 Å². The van der Waals surface area contributed by atoms with Crippen LogP contribution in [-0.2, 0) is 19.4 Å². The molecule has 0 fully saturated rings.